The third-order valence-corrected chi connectivity index (χ3v) is 3.98. The maximum atomic E-state index is 8.84. The number of rotatable bonds is 4. The average molecular weight is 307 g/mol. The van der Waals surface area contributed by atoms with Crippen LogP contribution in [0.4, 0.5) is 0 Å². The van der Waals surface area contributed by atoms with Gasteiger partial charge in [-0.3, -0.25) is 0 Å². The van der Waals surface area contributed by atoms with E-state index in [2.05, 4.69) is 16.0 Å². The van der Waals surface area contributed by atoms with Crippen LogP contribution < -0.4 is 4.74 Å². The summed E-state index contributed by atoms with van der Waals surface area (Å²) >= 11 is 1.57. The van der Waals surface area contributed by atoms with Gasteiger partial charge in [-0.05, 0) is 25.1 Å². The van der Waals surface area contributed by atoms with Gasteiger partial charge in [0.1, 0.15) is 5.01 Å². The Labute approximate surface area is 132 Å². The van der Waals surface area contributed by atoms with Gasteiger partial charge < -0.3 is 4.74 Å². The van der Waals surface area contributed by atoms with Crippen LogP contribution in [0.25, 0.3) is 21.8 Å². The van der Waals surface area contributed by atoms with Gasteiger partial charge in [0, 0.05) is 28.8 Å². The largest absolute Gasteiger partial charge is 0.478 e. The minimum Gasteiger partial charge on any atom is -0.478 e. The van der Waals surface area contributed by atoms with E-state index in [0.717, 1.165) is 21.8 Å². The van der Waals surface area contributed by atoms with E-state index in [0.29, 0.717) is 18.1 Å². The van der Waals surface area contributed by atoms with Gasteiger partial charge in [0.2, 0.25) is 5.88 Å². The summed E-state index contributed by atoms with van der Waals surface area (Å²) in [6.07, 6.45) is 1.73. The topological polar surface area (TPSA) is 58.8 Å². The van der Waals surface area contributed by atoms with Crippen LogP contribution in [0.15, 0.2) is 48.0 Å². The van der Waals surface area contributed by atoms with E-state index >= 15 is 0 Å². The van der Waals surface area contributed by atoms with Crippen molar-refractivity contribution in [2.24, 2.45) is 0 Å². The standard InChI is InChI=1S/C17H13N3OS/c1-2-21-16-9-14(7-8-19-16)17-20-15(11-22-17)13-5-3-12(10-18)4-6-13/h3-9,11H,2H2,1H3. The zero-order valence-electron chi connectivity index (χ0n) is 12.0. The molecular weight excluding hydrogens is 294 g/mol. The lowest BCUT2D eigenvalue weighted by Gasteiger charge is -2.02. The second kappa shape index (κ2) is 6.37. The summed E-state index contributed by atoms with van der Waals surface area (Å²) in [6.45, 7) is 2.52. The number of hydrogen-bond acceptors (Lipinski definition) is 5. The Morgan fingerprint density at radius 2 is 2.00 bits per heavy atom. The molecule has 4 nitrogen and oxygen atoms in total. The normalized spacial score (nSPS) is 10.2. The van der Waals surface area contributed by atoms with Crippen molar-refractivity contribution in [2.75, 3.05) is 6.61 Å². The number of benzene rings is 1. The lowest BCUT2D eigenvalue weighted by molar-refractivity contribution is 0.327. The molecule has 2 heterocycles. The summed E-state index contributed by atoms with van der Waals surface area (Å²) in [5, 5.41) is 11.8. The van der Waals surface area contributed by atoms with E-state index < -0.39 is 0 Å². The number of nitrogens with zero attached hydrogens (tertiary/aromatic N) is 3. The van der Waals surface area contributed by atoms with Crippen molar-refractivity contribution in [2.45, 2.75) is 6.92 Å². The molecule has 1 aromatic carbocycles. The van der Waals surface area contributed by atoms with Gasteiger partial charge in [-0.25, -0.2) is 9.97 Å². The first kappa shape index (κ1) is 14.2. The molecule has 22 heavy (non-hydrogen) atoms. The van der Waals surface area contributed by atoms with Crippen LogP contribution in [-0.2, 0) is 0 Å². The van der Waals surface area contributed by atoms with Gasteiger partial charge in [-0.2, -0.15) is 5.26 Å². The number of ether oxygens (including phenoxy) is 1. The first-order valence-electron chi connectivity index (χ1n) is 6.85. The highest BCUT2D eigenvalue weighted by atomic mass is 32.1. The van der Waals surface area contributed by atoms with E-state index in [1.165, 1.54) is 0 Å². The average Bonchev–Trinajstić information content (AvgIpc) is 3.06. The van der Waals surface area contributed by atoms with Crippen LogP contribution in [0.3, 0.4) is 0 Å². The molecule has 0 unspecified atom stereocenters. The predicted molar refractivity (Wildman–Crippen MR) is 86.7 cm³/mol. The molecule has 3 rings (SSSR count). The summed E-state index contributed by atoms with van der Waals surface area (Å²) in [4.78, 5) is 8.82. The lowest BCUT2D eigenvalue weighted by atomic mass is 10.1. The number of nitriles is 1. The van der Waals surface area contributed by atoms with Gasteiger partial charge >= 0.3 is 0 Å². The molecule has 3 aromatic rings. The Morgan fingerprint density at radius 1 is 1.18 bits per heavy atom. The molecular formula is C17H13N3OS. The highest BCUT2D eigenvalue weighted by Crippen LogP contribution is 2.30. The molecule has 0 spiro atoms. The molecule has 2 aromatic heterocycles. The zero-order valence-corrected chi connectivity index (χ0v) is 12.8. The summed E-state index contributed by atoms with van der Waals surface area (Å²) < 4.78 is 5.42. The monoisotopic (exact) mass is 307 g/mol. The highest BCUT2D eigenvalue weighted by molar-refractivity contribution is 7.13. The molecule has 0 saturated heterocycles. The molecule has 0 fully saturated rings. The smallest absolute Gasteiger partial charge is 0.213 e. The van der Waals surface area contributed by atoms with Crippen molar-refractivity contribution in [1.82, 2.24) is 9.97 Å². The van der Waals surface area contributed by atoms with Crippen LogP contribution in [0.5, 0.6) is 5.88 Å². The van der Waals surface area contributed by atoms with E-state index in [-0.39, 0.29) is 0 Å². The number of pyridine rings is 1. The Morgan fingerprint density at radius 3 is 2.73 bits per heavy atom. The Kier molecular flexibility index (Phi) is 4.12. The maximum Gasteiger partial charge on any atom is 0.213 e. The van der Waals surface area contributed by atoms with Gasteiger partial charge in [0.25, 0.3) is 0 Å². The van der Waals surface area contributed by atoms with Crippen molar-refractivity contribution < 1.29 is 4.74 Å². The lowest BCUT2D eigenvalue weighted by Crippen LogP contribution is -1.93. The first-order valence-corrected chi connectivity index (χ1v) is 7.73. The maximum absolute atomic E-state index is 8.84. The molecule has 0 aliphatic carbocycles. The molecule has 0 amide bonds. The van der Waals surface area contributed by atoms with Crippen LogP contribution in [-0.4, -0.2) is 16.6 Å². The van der Waals surface area contributed by atoms with Crippen LogP contribution in [0.1, 0.15) is 12.5 Å². The van der Waals surface area contributed by atoms with Crippen molar-refractivity contribution in [3.8, 4) is 33.8 Å². The molecule has 0 bridgehead atoms. The Balaban J connectivity index is 1.90. The fourth-order valence-corrected chi connectivity index (χ4v) is 2.85. The second-order valence-corrected chi connectivity index (χ2v) is 5.40. The minimum absolute atomic E-state index is 0.588. The molecule has 0 aliphatic heterocycles. The SMILES string of the molecule is CCOc1cc(-c2nc(-c3ccc(C#N)cc3)cs2)ccn1. The van der Waals surface area contributed by atoms with Gasteiger partial charge in [0.15, 0.2) is 0 Å². The zero-order chi connectivity index (χ0) is 15.4. The van der Waals surface area contributed by atoms with Crippen molar-refractivity contribution in [3.63, 3.8) is 0 Å². The fraction of sp³-hybridized carbons (Fsp3) is 0.118. The number of aromatic nitrogens is 2. The predicted octanol–water partition coefficient (Wildman–Crippen LogP) is 4.14. The molecule has 5 heteroatoms. The Hall–Kier alpha value is -2.71. The summed E-state index contributed by atoms with van der Waals surface area (Å²) in [7, 11) is 0. The first-order chi connectivity index (χ1) is 10.8. The van der Waals surface area contributed by atoms with Gasteiger partial charge in [-0.15, -0.1) is 11.3 Å². The van der Waals surface area contributed by atoms with Crippen molar-refractivity contribution in [3.05, 3.63) is 53.5 Å². The van der Waals surface area contributed by atoms with Gasteiger partial charge in [-0.1, -0.05) is 12.1 Å². The van der Waals surface area contributed by atoms with Gasteiger partial charge in [0.05, 0.1) is 23.9 Å². The van der Waals surface area contributed by atoms with Crippen LogP contribution >= 0.6 is 11.3 Å². The molecule has 108 valence electrons. The van der Waals surface area contributed by atoms with E-state index in [1.807, 2.05) is 36.6 Å². The third-order valence-electron chi connectivity index (χ3n) is 3.09. The van der Waals surface area contributed by atoms with E-state index in [4.69, 9.17) is 10.00 Å². The van der Waals surface area contributed by atoms with Crippen molar-refractivity contribution >= 4 is 11.3 Å². The van der Waals surface area contributed by atoms with E-state index in [1.54, 1.807) is 29.7 Å². The molecule has 0 radical (unpaired) electrons. The molecule has 0 aliphatic rings. The highest BCUT2D eigenvalue weighted by Gasteiger charge is 2.08. The van der Waals surface area contributed by atoms with Crippen LogP contribution in [0.2, 0.25) is 0 Å². The summed E-state index contributed by atoms with van der Waals surface area (Å²) in [6, 6.07) is 13.4. The minimum atomic E-state index is 0.588. The number of hydrogen-bond donors (Lipinski definition) is 0. The molecule has 0 saturated carbocycles. The van der Waals surface area contributed by atoms with E-state index in [9.17, 15) is 0 Å². The number of thiazole rings is 1. The third kappa shape index (κ3) is 2.97. The summed E-state index contributed by atoms with van der Waals surface area (Å²) in [5.74, 6) is 0.607. The quantitative estimate of drug-likeness (QED) is 0.726. The second-order valence-electron chi connectivity index (χ2n) is 4.54. The summed E-state index contributed by atoms with van der Waals surface area (Å²) in [5.41, 5.74) is 3.54. The van der Waals surface area contributed by atoms with Crippen molar-refractivity contribution in [1.29, 1.82) is 5.26 Å². The molecule has 0 atom stereocenters. The fourth-order valence-electron chi connectivity index (χ4n) is 2.02. The molecule has 0 N–H and O–H groups in total. The Bertz CT molecular complexity index is 818. The van der Waals surface area contributed by atoms with Crippen LogP contribution in [0, 0.1) is 11.3 Å².